The van der Waals surface area contributed by atoms with E-state index in [4.69, 9.17) is 4.74 Å². The van der Waals surface area contributed by atoms with Crippen molar-refractivity contribution in [3.05, 3.63) is 59.4 Å². The molecule has 0 aliphatic carbocycles. The Labute approximate surface area is 129 Å². The molecule has 0 radical (unpaired) electrons. The van der Waals surface area contributed by atoms with Crippen molar-refractivity contribution in [3.63, 3.8) is 0 Å². The lowest BCUT2D eigenvalue weighted by atomic mass is 10.2. The highest BCUT2D eigenvalue weighted by Crippen LogP contribution is 2.22. The lowest BCUT2D eigenvalue weighted by molar-refractivity contribution is 0.0962. The number of amides is 1. The molecule has 0 spiro atoms. The minimum atomic E-state index is -0.312. The third-order valence-electron chi connectivity index (χ3n) is 2.70. The number of aromatic hydroxyl groups is 1. The quantitative estimate of drug-likeness (QED) is 0.909. The first-order valence-corrected chi connectivity index (χ1v) is 7.02. The van der Waals surface area contributed by atoms with Gasteiger partial charge in [-0.15, -0.1) is 0 Å². The molecule has 118 valence electrons. The second-order valence-electron chi connectivity index (χ2n) is 4.21. The zero-order valence-electron chi connectivity index (χ0n) is 12.9. The SMILES string of the molecule is CC.CNC(=O)c1cc(O)cc(OCc2ccc(F)cc2)c1. The summed E-state index contributed by atoms with van der Waals surface area (Å²) in [4.78, 5) is 11.5. The van der Waals surface area contributed by atoms with E-state index in [1.807, 2.05) is 13.8 Å². The Kier molecular flexibility index (Phi) is 6.89. The van der Waals surface area contributed by atoms with Crippen LogP contribution < -0.4 is 10.1 Å². The smallest absolute Gasteiger partial charge is 0.251 e. The fourth-order valence-corrected chi connectivity index (χ4v) is 1.69. The van der Waals surface area contributed by atoms with E-state index < -0.39 is 0 Å². The first-order chi connectivity index (χ1) is 10.6. The summed E-state index contributed by atoms with van der Waals surface area (Å²) in [6.45, 7) is 4.22. The van der Waals surface area contributed by atoms with Gasteiger partial charge in [-0.05, 0) is 29.8 Å². The average molecular weight is 305 g/mol. The third kappa shape index (κ3) is 5.09. The lowest BCUT2D eigenvalue weighted by Crippen LogP contribution is -2.17. The summed E-state index contributed by atoms with van der Waals surface area (Å²) in [6, 6.07) is 10.2. The van der Waals surface area contributed by atoms with Crippen LogP contribution in [0.3, 0.4) is 0 Å². The van der Waals surface area contributed by atoms with E-state index in [1.165, 1.54) is 37.4 Å². The van der Waals surface area contributed by atoms with Crippen LogP contribution in [0.4, 0.5) is 4.39 Å². The van der Waals surface area contributed by atoms with Crippen LogP contribution in [0, 0.1) is 5.82 Å². The van der Waals surface area contributed by atoms with E-state index in [2.05, 4.69) is 5.32 Å². The van der Waals surface area contributed by atoms with Gasteiger partial charge in [0.1, 0.15) is 23.9 Å². The summed E-state index contributed by atoms with van der Waals surface area (Å²) in [7, 11) is 1.51. The molecule has 2 N–H and O–H groups in total. The number of hydrogen-bond donors (Lipinski definition) is 2. The van der Waals surface area contributed by atoms with Crippen LogP contribution >= 0.6 is 0 Å². The van der Waals surface area contributed by atoms with Gasteiger partial charge >= 0.3 is 0 Å². The van der Waals surface area contributed by atoms with Crippen molar-refractivity contribution in [2.24, 2.45) is 0 Å². The predicted octanol–water partition coefficient (Wildman–Crippen LogP) is 3.50. The summed E-state index contributed by atoms with van der Waals surface area (Å²) in [6.07, 6.45) is 0. The molecule has 0 bridgehead atoms. The number of phenolic OH excluding ortho intramolecular Hbond substituents is 1. The fourth-order valence-electron chi connectivity index (χ4n) is 1.69. The lowest BCUT2D eigenvalue weighted by Gasteiger charge is -2.09. The Morgan fingerprint density at radius 2 is 1.82 bits per heavy atom. The molecule has 0 heterocycles. The highest BCUT2D eigenvalue weighted by Gasteiger charge is 2.07. The van der Waals surface area contributed by atoms with Crippen molar-refractivity contribution in [1.82, 2.24) is 5.32 Å². The number of carbonyl (C=O) groups excluding carboxylic acids is 1. The molecular weight excluding hydrogens is 285 g/mol. The van der Waals surface area contributed by atoms with Gasteiger partial charge < -0.3 is 15.2 Å². The van der Waals surface area contributed by atoms with Gasteiger partial charge in [0.05, 0.1) is 0 Å². The Hall–Kier alpha value is -2.56. The average Bonchev–Trinajstić information content (AvgIpc) is 2.55. The molecule has 0 aliphatic heterocycles. The Morgan fingerprint density at radius 3 is 2.41 bits per heavy atom. The summed E-state index contributed by atoms with van der Waals surface area (Å²) in [5, 5.41) is 12.0. The van der Waals surface area contributed by atoms with Crippen LogP contribution in [-0.2, 0) is 6.61 Å². The fraction of sp³-hybridized carbons (Fsp3) is 0.235. The summed E-state index contributed by atoms with van der Waals surface area (Å²) >= 11 is 0. The van der Waals surface area contributed by atoms with Crippen LogP contribution in [-0.4, -0.2) is 18.1 Å². The van der Waals surface area contributed by atoms with Crippen molar-refractivity contribution in [1.29, 1.82) is 0 Å². The van der Waals surface area contributed by atoms with Gasteiger partial charge in [0.25, 0.3) is 5.91 Å². The minimum absolute atomic E-state index is 0.0554. The van der Waals surface area contributed by atoms with E-state index in [1.54, 1.807) is 12.1 Å². The Morgan fingerprint density at radius 1 is 1.18 bits per heavy atom. The molecule has 5 heteroatoms. The molecule has 22 heavy (non-hydrogen) atoms. The molecule has 0 fully saturated rings. The number of ether oxygens (including phenoxy) is 1. The zero-order chi connectivity index (χ0) is 16.5. The van der Waals surface area contributed by atoms with Gasteiger partial charge in [0, 0.05) is 18.7 Å². The summed E-state index contributed by atoms with van der Waals surface area (Å²) in [5.41, 5.74) is 1.10. The normalized spacial score (nSPS) is 9.45. The van der Waals surface area contributed by atoms with Crippen LogP contribution in [0.1, 0.15) is 29.8 Å². The maximum atomic E-state index is 12.8. The molecule has 1 amide bonds. The van der Waals surface area contributed by atoms with Crippen molar-refractivity contribution >= 4 is 5.91 Å². The Bertz CT molecular complexity index is 612. The van der Waals surface area contributed by atoms with Crippen molar-refractivity contribution in [3.8, 4) is 11.5 Å². The number of nitrogens with one attached hydrogen (secondary N) is 1. The minimum Gasteiger partial charge on any atom is -0.508 e. The standard InChI is InChI=1S/C15H14FNO3.C2H6/c1-17-15(19)11-6-13(18)8-14(7-11)20-9-10-2-4-12(16)5-3-10;1-2/h2-8,18H,9H2,1H3,(H,17,19);1-2H3. The highest BCUT2D eigenvalue weighted by molar-refractivity contribution is 5.94. The molecule has 0 saturated heterocycles. The van der Waals surface area contributed by atoms with Crippen LogP contribution in [0.25, 0.3) is 0 Å². The molecule has 2 rings (SSSR count). The summed E-state index contributed by atoms with van der Waals surface area (Å²) < 4.78 is 18.3. The summed E-state index contributed by atoms with van der Waals surface area (Å²) in [5.74, 6) is -0.311. The topological polar surface area (TPSA) is 58.6 Å². The van der Waals surface area contributed by atoms with E-state index in [0.717, 1.165) is 5.56 Å². The van der Waals surface area contributed by atoms with Crippen molar-refractivity contribution < 1.29 is 19.0 Å². The zero-order valence-corrected chi connectivity index (χ0v) is 12.9. The van der Waals surface area contributed by atoms with E-state index in [0.29, 0.717) is 11.3 Å². The van der Waals surface area contributed by atoms with Gasteiger partial charge in [-0.25, -0.2) is 4.39 Å². The van der Waals surface area contributed by atoms with Gasteiger partial charge in [0.15, 0.2) is 0 Å². The molecule has 0 aliphatic rings. The predicted molar refractivity (Wildman–Crippen MR) is 83.6 cm³/mol. The molecule has 0 aromatic heterocycles. The molecule has 4 nitrogen and oxygen atoms in total. The molecule has 0 atom stereocenters. The highest BCUT2D eigenvalue weighted by atomic mass is 19.1. The van der Waals surface area contributed by atoms with Crippen LogP contribution in [0.15, 0.2) is 42.5 Å². The first kappa shape index (κ1) is 17.5. The van der Waals surface area contributed by atoms with Crippen molar-refractivity contribution in [2.45, 2.75) is 20.5 Å². The maximum Gasteiger partial charge on any atom is 0.251 e. The second-order valence-corrected chi connectivity index (χ2v) is 4.21. The number of benzene rings is 2. The van der Waals surface area contributed by atoms with Crippen LogP contribution in [0.2, 0.25) is 0 Å². The van der Waals surface area contributed by atoms with Gasteiger partial charge in [-0.2, -0.15) is 0 Å². The number of carbonyl (C=O) groups is 1. The maximum absolute atomic E-state index is 12.8. The van der Waals surface area contributed by atoms with Gasteiger partial charge in [0.2, 0.25) is 0 Å². The largest absolute Gasteiger partial charge is 0.508 e. The van der Waals surface area contributed by atoms with E-state index in [-0.39, 0.29) is 24.1 Å². The number of phenols is 1. The van der Waals surface area contributed by atoms with Crippen molar-refractivity contribution in [2.75, 3.05) is 7.05 Å². The van der Waals surface area contributed by atoms with Gasteiger partial charge in [-0.1, -0.05) is 26.0 Å². The number of halogens is 1. The van der Waals surface area contributed by atoms with E-state index >= 15 is 0 Å². The van der Waals surface area contributed by atoms with Gasteiger partial charge in [-0.3, -0.25) is 4.79 Å². The number of hydrogen-bond acceptors (Lipinski definition) is 3. The Balaban J connectivity index is 0.00000116. The molecule has 0 saturated carbocycles. The van der Waals surface area contributed by atoms with E-state index in [9.17, 15) is 14.3 Å². The first-order valence-electron chi connectivity index (χ1n) is 7.02. The molecule has 2 aromatic rings. The molecular formula is C17H20FNO3. The monoisotopic (exact) mass is 305 g/mol. The third-order valence-corrected chi connectivity index (χ3v) is 2.70. The second kappa shape index (κ2) is 8.67. The molecule has 2 aromatic carbocycles. The van der Waals surface area contributed by atoms with Crippen LogP contribution in [0.5, 0.6) is 11.5 Å². The number of rotatable bonds is 4. The molecule has 0 unspecified atom stereocenters.